The molecular weight excluding hydrogens is 763 g/mol. The number of fused-ring (bicyclic) bond motifs is 18. The molecular formula is C61H39NO. The van der Waals surface area contributed by atoms with Crippen molar-refractivity contribution < 1.29 is 4.74 Å². The Labute approximate surface area is 365 Å². The molecule has 294 valence electrons. The molecule has 63 heavy (non-hydrogen) atoms. The molecule has 3 aliphatic rings. The Morgan fingerprint density at radius 3 is 1.62 bits per heavy atom. The molecule has 0 fully saturated rings. The Kier molecular flexibility index (Phi) is 7.19. The highest BCUT2D eigenvalue weighted by Gasteiger charge is 2.51. The number of ether oxygens (including phenoxy) is 1. The van der Waals surface area contributed by atoms with E-state index in [-0.39, 0.29) is 6.04 Å². The number of para-hydroxylation sites is 2. The molecule has 10 aromatic carbocycles. The number of aromatic nitrogens is 1. The number of allylic oxidation sites excluding steroid dienone is 4. The van der Waals surface area contributed by atoms with Gasteiger partial charge in [0.25, 0.3) is 0 Å². The number of rotatable bonds is 3. The van der Waals surface area contributed by atoms with Gasteiger partial charge in [-0.15, -0.1) is 0 Å². The van der Waals surface area contributed by atoms with Crippen LogP contribution >= 0.6 is 0 Å². The third kappa shape index (κ3) is 4.78. The van der Waals surface area contributed by atoms with Gasteiger partial charge in [0.05, 0.1) is 17.0 Å². The zero-order valence-electron chi connectivity index (χ0n) is 34.4. The van der Waals surface area contributed by atoms with E-state index in [4.69, 9.17) is 4.74 Å². The summed E-state index contributed by atoms with van der Waals surface area (Å²) in [6, 6.07) is 72.5. The summed E-state index contributed by atoms with van der Waals surface area (Å²) in [6.45, 7) is 0. The third-order valence-corrected chi connectivity index (χ3v) is 14.3. The monoisotopic (exact) mass is 801 g/mol. The van der Waals surface area contributed by atoms with Crippen molar-refractivity contribution in [2.45, 2.75) is 17.9 Å². The zero-order chi connectivity index (χ0) is 41.2. The van der Waals surface area contributed by atoms with Crippen molar-refractivity contribution >= 4 is 54.1 Å². The van der Waals surface area contributed by atoms with Gasteiger partial charge in [-0.25, -0.2) is 0 Å². The molecule has 0 bridgehead atoms. The molecule has 0 radical (unpaired) electrons. The van der Waals surface area contributed by atoms with Crippen LogP contribution in [0.2, 0.25) is 0 Å². The van der Waals surface area contributed by atoms with Gasteiger partial charge in [0.15, 0.2) is 0 Å². The van der Waals surface area contributed by atoms with Crippen molar-refractivity contribution in [3.63, 3.8) is 0 Å². The van der Waals surface area contributed by atoms with Crippen LogP contribution in [0.4, 0.5) is 0 Å². The fourth-order valence-corrected chi connectivity index (χ4v) is 11.7. The molecule has 1 aliphatic heterocycles. The lowest BCUT2D eigenvalue weighted by atomic mass is 9.66. The highest BCUT2D eigenvalue weighted by atomic mass is 16.5. The molecule has 1 aromatic heterocycles. The average Bonchev–Trinajstić information content (AvgIpc) is 3.83. The van der Waals surface area contributed by atoms with Crippen molar-refractivity contribution in [3.05, 3.63) is 241 Å². The molecule has 0 amide bonds. The van der Waals surface area contributed by atoms with E-state index >= 15 is 0 Å². The maximum Gasteiger partial charge on any atom is 0.132 e. The Balaban J connectivity index is 0.981. The van der Waals surface area contributed by atoms with Gasteiger partial charge in [0, 0.05) is 27.4 Å². The first-order valence-corrected chi connectivity index (χ1v) is 22.1. The molecule has 1 unspecified atom stereocenters. The number of benzene rings is 10. The summed E-state index contributed by atoms with van der Waals surface area (Å²) in [6.07, 6.45) is 9.99. The van der Waals surface area contributed by atoms with Crippen LogP contribution in [0.25, 0.3) is 87.5 Å². The van der Waals surface area contributed by atoms with Crippen LogP contribution in [-0.4, -0.2) is 4.57 Å². The molecule has 14 rings (SSSR count). The summed E-state index contributed by atoms with van der Waals surface area (Å²) in [7, 11) is 0. The van der Waals surface area contributed by atoms with E-state index < -0.39 is 5.41 Å². The van der Waals surface area contributed by atoms with Crippen LogP contribution < -0.4 is 4.74 Å². The second-order valence-corrected chi connectivity index (χ2v) is 17.5. The van der Waals surface area contributed by atoms with E-state index in [1.165, 1.54) is 110 Å². The molecule has 1 atom stereocenters. The van der Waals surface area contributed by atoms with Crippen LogP contribution in [0.1, 0.15) is 34.7 Å². The fraction of sp³-hybridized carbons (Fsp3) is 0.0492. The van der Waals surface area contributed by atoms with E-state index in [0.717, 1.165) is 17.9 Å². The molecule has 0 saturated carbocycles. The number of nitrogens with zero attached hydrogens (tertiary/aromatic N) is 1. The zero-order valence-corrected chi connectivity index (χ0v) is 34.4. The SMILES string of the molecule is C1=CCC(n2c3ccc(-c4cccc(-c5ccc6c7ccccc7c7ccccc7c6c5)c4)cc3c3cc4c(cc32)C2(c3ccccc3Oc3ccccc32)c2ccccc2-4)C=C1. The molecule has 2 nitrogen and oxygen atoms in total. The fourth-order valence-electron chi connectivity index (χ4n) is 11.7. The topological polar surface area (TPSA) is 14.2 Å². The highest BCUT2D eigenvalue weighted by Crippen LogP contribution is 2.63. The second kappa shape index (κ2) is 13.0. The molecule has 0 N–H and O–H groups in total. The molecule has 2 heteroatoms. The predicted octanol–water partition coefficient (Wildman–Crippen LogP) is 16.1. The van der Waals surface area contributed by atoms with Gasteiger partial charge >= 0.3 is 0 Å². The summed E-state index contributed by atoms with van der Waals surface area (Å²) in [5, 5.41) is 10.3. The quantitative estimate of drug-likeness (QED) is 0.162. The van der Waals surface area contributed by atoms with Gasteiger partial charge in [0.2, 0.25) is 0 Å². The van der Waals surface area contributed by atoms with Crippen molar-refractivity contribution in [2.75, 3.05) is 0 Å². The van der Waals surface area contributed by atoms with Crippen molar-refractivity contribution in [1.82, 2.24) is 4.57 Å². The van der Waals surface area contributed by atoms with Gasteiger partial charge in [-0.3, -0.25) is 0 Å². The Morgan fingerprint density at radius 2 is 0.937 bits per heavy atom. The maximum atomic E-state index is 6.67. The Hall–Kier alpha value is -7.94. The minimum Gasteiger partial charge on any atom is -0.457 e. The molecule has 2 heterocycles. The first-order valence-electron chi connectivity index (χ1n) is 22.1. The van der Waals surface area contributed by atoms with Gasteiger partial charge in [-0.1, -0.05) is 170 Å². The van der Waals surface area contributed by atoms with Crippen LogP contribution in [0.5, 0.6) is 11.5 Å². The third-order valence-electron chi connectivity index (χ3n) is 14.3. The van der Waals surface area contributed by atoms with E-state index in [1.807, 2.05) is 0 Å². The first kappa shape index (κ1) is 34.7. The predicted molar refractivity (Wildman–Crippen MR) is 262 cm³/mol. The molecule has 0 saturated heterocycles. The van der Waals surface area contributed by atoms with Gasteiger partial charge in [-0.2, -0.15) is 0 Å². The number of hydrogen-bond acceptors (Lipinski definition) is 1. The van der Waals surface area contributed by atoms with E-state index in [0.29, 0.717) is 0 Å². The van der Waals surface area contributed by atoms with E-state index in [9.17, 15) is 0 Å². The van der Waals surface area contributed by atoms with Gasteiger partial charge in [0.1, 0.15) is 11.5 Å². The summed E-state index contributed by atoms with van der Waals surface area (Å²) in [4.78, 5) is 0. The van der Waals surface area contributed by atoms with Crippen LogP contribution in [0.3, 0.4) is 0 Å². The normalized spacial score (nSPS) is 15.5. The minimum absolute atomic E-state index is 0.192. The summed E-state index contributed by atoms with van der Waals surface area (Å²) >= 11 is 0. The van der Waals surface area contributed by atoms with Crippen LogP contribution in [-0.2, 0) is 5.41 Å². The standard InChI is InChI=1S/C61H39NO/c1-2-17-42(18-3-1)62-57-32-30-41(39-16-14-15-38(33-39)40-29-31-47-45-21-5-4-19-43(45)44-20-6-7-22-46(44)49(47)34-40)35-51(57)52-36-50-48-23-8-9-24-53(48)61(56(50)37-58(52)62)54-25-10-12-27-59(54)63-60-28-13-11-26-55(60)61/h1-17,19-37,42H,18H2. The van der Waals surface area contributed by atoms with E-state index in [1.54, 1.807) is 0 Å². The molecule has 1 spiro atoms. The summed E-state index contributed by atoms with van der Waals surface area (Å²) < 4.78 is 9.27. The maximum absolute atomic E-state index is 6.67. The summed E-state index contributed by atoms with van der Waals surface area (Å²) in [5.74, 6) is 1.83. The van der Waals surface area contributed by atoms with E-state index in [2.05, 4.69) is 223 Å². The van der Waals surface area contributed by atoms with Crippen LogP contribution in [0, 0.1) is 0 Å². The number of hydrogen-bond donors (Lipinski definition) is 0. The molecule has 2 aliphatic carbocycles. The first-order chi connectivity index (χ1) is 31.2. The van der Waals surface area contributed by atoms with Gasteiger partial charge in [-0.05, 0) is 132 Å². The lowest BCUT2D eigenvalue weighted by Crippen LogP contribution is -2.32. The van der Waals surface area contributed by atoms with Gasteiger partial charge < -0.3 is 9.30 Å². The lowest BCUT2D eigenvalue weighted by Gasteiger charge is -2.39. The largest absolute Gasteiger partial charge is 0.457 e. The minimum atomic E-state index is -0.525. The van der Waals surface area contributed by atoms with Crippen molar-refractivity contribution in [1.29, 1.82) is 0 Å². The average molecular weight is 802 g/mol. The molecule has 11 aromatic rings. The Morgan fingerprint density at radius 1 is 0.381 bits per heavy atom. The summed E-state index contributed by atoms with van der Waals surface area (Å²) in [5.41, 5.74) is 14.4. The smallest absolute Gasteiger partial charge is 0.132 e. The Bertz CT molecular complexity index is 3740. The second-order valence-electron chi connectivity index (χ2n) is 17.5. The van der Waals surface area contributed by atoms with Crippen LogP contribution in [0.15, 0.2) is 218 Å². The van der Waals surface area contributed by atoms with Crippen molar-refractivity contribution in [2.24, 2.45) is 0 Å². The highest BCUT2D eigenvalue weighted by molar-refractivity contribution is 6.25. The van der Waals surface area contributed by atoms with Crippen molar-refractivity contribution in [3.8, 4) is 44.9 Å². The lowest BCUT2D eigenvalue weighted by molar-refractivity contribution is 0.436.